The van der Waals surface area contributed by atoms with Crippen molar-refractivity contribution < 1.29 is 19.1 Å². The van der Waals surface area contributed by atoms with Crippen LogP contribution in [0.5, 0.6) is 5.75 Å². The lowest BCUT2D eigenvalue weighted by Crippen LogP contribution is -2.50. The number of likely N-dealkylation sites (N-methyl/N-ethyl adjacent to an activating group) is 1. The number of ketones is 1. The van der Waals surface area contributed by atoms with Gasteiger partial charge in [0.15, 0.2) is 11.9 Å². The molecule has 0 saturated heterocycles. The minimum Gasteiger partial charge on any atom is -0.477 e. The average molecular weight is 367 g/mol. The highest BCUT2D eigenvalue weighted by Gasteiger charge is 2.30. The van der Waals surface area contributed by atoms with Gasteiger partial charge in [0.1, 0.15) is 5.75 Å². The van der Waals surface area contributed by atoms with Crippen molar-refractivity contribution in [3.63, 3.8) is 0 Å². The second-order valence-electron chi connectivity index (χ2n) is 6.25. The molecule has 0 unspecified atom stereocenters. The van der Waals surface area contributed by atoms with Crippen molar-refractivity contribution in [2.45, 2.75) is 13.0 Å². The molecule has 0 fully saturated rings. The summed E-state index contributed by atoms with van der Waals surface area (Å²) in [6.07, 6.45) is -0.687. The average Bonchev–Trinajstić information content (AvgIpc) is 2.67. The zero-order valence-corrected chi connectivity index (χ0v) is 15.2. The van der Waals surface area contributed by atoms with Crippen LogP contribution in [-0.2, 0) is 9.59 Å². The van der Waals surface area contributed by atoms with Crippen LogP contribution in [0.25, 0.3) is 0 Å². The van der Waals surface area contributed by atoms with Crippen LogP contribution in [0.3, 0.4) is 0 Å². The number of para-hydroxylation sites is 2. The molecule has 140 valence electrons. The Hall–Kier alpha value is -3.35. The summed E-state index contributed by atoms with van der Waals surface area (Å²) in [6.45, 7) is 1.84. The smallest absolute Gasteiger partial charge is 0.262 e. The molecule has 3 rings (SSSR count). The SMILES string of the molecule is CNC(=O)[C@@H]1CN(CC(=O)Nc2ccc(C(C)=O)cc2)c2ccccc2O1. The molecule has 1 aliphatic heterocycles. The van der Waals surface area contributed by atoms with Crippen LogP contribution in [0.1, 0.15) is 17.3 Å². The minimum absolute atomic E-state index is 0.0296. The molecule has 2 N–H and O–H groups in total. The van der Waals surface area contributed by atoms with Gasteiger partial charge in [-0.15, -0.1) is 0 Å². The van der Waals surface area contributed by atoms with E-state index in [1.165, 1.54) is 6.92 Å². The highest BCUT2D eigenvalue weighted by atomic mass is 16.5. The standard InChI is InChI=1S/C20H21N3O4/c1-13(24)14-7-9-15(10-8-14)22-19(25)12-23-11-18(20(26)21-2)27-17-6-4-3-5-16(17)23/h3-10,18H,11-12H2,1-2H3,(H,21,26)(H,22,25)/t18-/m0/s1. The highest BCUT2D eigenvalue weighted by Crippen LogP contribution is 2.32. The first kappa shape index (κ1) is 18.4. The third-order valence-corrected chi connectivity index (χ3v) is 4.31. The molecule has 1 atom stereocenters. The number of anilines is 2. The second kappa shape index (κ2) is 7.90. The predicted octanol–water partition coefficient (Wildman–Crippen LogP) is 1.84. The Kier molecular flexibility index (Phi) is 5.40. The Bertz CT molecular complexity index is 864. The van der Waals surface area contributed by atoms with Crippen LogP contribution < -0.4 is 20.3 Å². The molecule has 1 heterocycles. The van der Waals surface area contributed by atoms with Gasteiger partial charge < -0.3 is 20.3 Å². The maximum absolute atomic E-state index is 12.5. The number of hydrogen-bond acceptors (Lipinski definition) is 5. The number of nitrogens with zero attached hydrogens (tertiary/aromatic N) is 1. The number of carbonyl (C=O) groups excluding carboxylic acids is 3. The Balaban J connectivity index is 1.72. The molecule has 27 heavy (non-hydrogen) atoms. The Morgan fingerprint density at radius 1 is 1.11 bits per heavy atom. The van der Waals surface area contributed by atoms with E-state index in [4.69, 9.17) is 4.74 Å². The maximum atomic E-state index is 12.5. The van der Waals surface area contributed by atoms with Gasteiger partial charge in [0.05, 0.1) is 18.8 Å². The van der Waals surface area contributed by atoms with Crippen LogP contribution in [0.2, 0.25) is 0 Å². The lowest BCUT2D eigenvalue weighted by Gasteiger charge is -2.34. The van der Waals surface area contributed by atoms with E-state index >= 15 is 0 Å². The first-order valence-corrected chi connectivity index (χ1v) is 8.61. The fourth-order valence-corrected chi connectivity index (χ4v) is 2.92. The highest BCUT2D eigenvalue weighted by molar-refractivity contribution is 5.97. The van der Waals surface area contributed by atoms with Crippen molar-refractivity contribution in [2.75, 3.05) is 30.4 Å². The van der Waals surface area contributed by atoms with E-state index in [1.807, 2.05) is 23.1 Å². The summed E-state index contributed by atoms with van der Waals surface area (Å²) in [5.41, 5.74) is 1.96. The molecule has 2 amide bonds. The van der Waals surface area contributed by atoms with Gasteiger partial charge in [-0.05, 0) is 43.3 Å². The number of amides is 2. The summed E-state index contributed by atoms with van der Waals surface area (Å²) < 4.78 is 5.73. The lowest BCUT2D eigenvalue weighted by molar-refractivity contribution is -0.127. The summed E-state index contributed by atoms with van der Waals surface area (Å²) in [5.74, 6) is 0.0710. The van der Waals surface area contributed by atoms with Crippen LogP contribution in [0.4, 0.5) is 11.4 Å². The quantitative estimate of drug-likeness (QED) is 0.788. The van der Waals surface area contributed by atoms with Crippen molar-refractivity contribution in [3.8, 4) is 5.75 Å². The first-order chi connectivity index (χ1) is 13.0. The van der Waals surface area contributed by atoms with Gasteiger partial charge in [-0.3, -0.25) is 14.4 Å². The van der Waals surface area contributed by atoms with E-state index in [2.05, 4.69) is 10.6 Å². The van der Waals surface area contributed by atoms with E-state index in [0.717, 1.165) is 5.69 Å². The zero-order chi connectivity index (χ0) is 19.4. The molecule has 1 aliphatic rings. The normalized spacial score (nSPS) is 15.3. The summed E-state index contributed by atoms with van der Waals surface area (Å²) in [4.78, 5) is 37.6. The molecule has 0 aromatic heterocycles. The molecule has 0 saturated carbocycles. The molecular formula is C20H21N3O4. The first-order valence-electron chi connectivity index (χ1n) is 8.61. The van der Waals surface area contributed by atoms with Crippen molar-refractivity contribution in [1.29, 1.82) is 0 Å². The predicted molar refractivity (Wildman–Crippen MR) is 102 cm³/mol. The molecule has 7 heteroatoms. The third-order valence-electron chi connectivity index (χ3n) is 4.31. The molecule has 0 bridgehead atoms. The van der Waals surface area contributed by atoms with Crippen LogP contribution in [-0.4, -0.2) is 43.8 Å². The Labute approximate surface area is 157 Å². The van der Waals surface area contributed by atoms with Gasteiger partial charge in [0, 0.05) is 18.3 Å². The maximum Gasteiger partial charge on any atom is 0.262 e. The second-order valence-corrected chi connectivity index (χ2v) is 6.25. The number of fused-ring (bicyclic) bond motifs is 1. The van der Waals surface area contributed by atoms with E-state index < -0.39 is 6.10 Å². The van der Waals surface area contributed by atoms with Crippen LogP contribution >= 0.6 is 0 Å². The van der Waals surface area contributed by atoms with E-state index in [9.17, 15) is 14.4 Å². The fraction of sp³-hybridized carbons (Fsp3) is 0.250. The summed E-state index contributed by atoms with van der Waals surface area (Å²) >= 11 is 0. The van der Waals surface area contributed by atoms with Gasteiger partial charge >= 0.3 is 0 Å². The molecule has 0 radical (unpaired) electrons. The van der Waals surface area contributed by atoms with Gasteiger partial charge in [-0.2, -0.15) is 0 Å². The number of ether oxygens (including phenoxy) is 1. The topological polar surface area (TPSA) is 87.7 Å². The van der Waals surface area contributed by atoms with Crippen LogP contribution in [0.15, 0.2) is 48.5 Å². The number of hydrogen-bond donors (Lipinski definition) is 2. The fourth-order valence-electron chi connectivity index (χ4n) is 2.92. The number of nitrogens with one attached hydrogen (secondary N) is 2. The van der Waals surface area contributed by atoms with Crippen molar-refractivity contribution >= 4 is 29.0 Å². The number of rotatable bonds is 5. The summed E-state index contributed by atoms with van der Waals surface area (Å²) in [7, 11) is 1.55. The monoisotopic (exact) mass is 367 g/mol. The van der Waals surface area contributed by atoms with Gasteiger partial charge in [0.2, 0.25) is 5.91 Å². The van der Waals surface area contributed by atoms with E-state index in [-0.39, 0.29) is 30.7 Å². The number of Topliss-reactive ketones (excluding diaryl/α,β-unsaturated/α-hetero) is 1. The molecule has 2 aromatic carbocycles. The molecule has 7 nitrogen and oxygen atoms in total. The number of carbonyl (C=O) groups is 3. The van der Waals surface area contributed by atoms with Crippen molar-refractivity contribution in [2.24, 2.45) is 0 Å². The van der Waals surface area contributed by atoms with Crippen molar-refractivity contribution in [3.05, 3.63) is 54.1 Å². The molecule has 0 spiro atoms. The molecule has 2 aromatic rings. The Morgan fingerprint density at radius 2 is 1.81 bits per heavy atom. The van der Waals surface area contributed by atoms with Gasteiger partial charge in [-0.1, -0.05) is 12.1 Å². The van der Waals surface area contributed by atoms with Gasteiger partial charge in [-0.25, -0.2) is 0 Å². The van der Waals surface area contributed by atoms with E-state index in [1.54, 1.807) is 37.4 Å². The lowest BCUT2D eigenvalue weighted by atomic mass is 10.1. The third kappa shape index (κ3) is 4.25. The molecule has 0 aliphatic carbocycles. The summed E-state index contributed by atoms with van der Waals surface area (Å²) in [6, 6.07) is 14.0. The van der Waals surface area contributed by atoms with Crippen LogP contribution in [0, 0.1) is 0 Å². The Morgan fingerprint density at radius 3 is 2.48 bits per heavy atom. The minimum atomic E-state index is -0.687. The zero-order valence-electron chi connectivity index (χ0n) is 15.2. The van der Waals surface area contributed by atoms with Gasteiger partial charge in [0.25, 0.3) is 5.91 Å². The van der Waals surface area contributed by atoms with Crippen molar-refractivity contribution in [1.82, 2.24) is 5.32 Å². The number of benzene rings is 2. The van der Waals surface area contributed by atoms with E-state index in [0.29, 0.717) is 17.0 Å². The summed E-state index contributed by atoms with van der Waals surface area (Å²) in [5, 5.41) is 5.39. The largest absolute Gasteiger partial charge is 0.477 e. The molecular weight excluding hydrogens is 346 g/mol.